The molecule has 1 aliphatic rings. The molecule has 0 spiro atoms. The van der Waals surface area contributed by atoms with Gasteiger partial charge in [0.2, 0.25) is 0 Å². The van der Waals surface area contributed by atoms with Crippen molar-refractivity contribution in [1.29, 1.82) is 0 Å². The zero-order valence-electron chi connectivity index (χ0n) is 16.3. The molecule has 1 saturated heterocycles. The number of benzene rings is 2. The van der Waals surface area contributed by atoms with Gasteiger partial charge in [-0.05, 0) is 31.6 Å². The van der Waals surface area contributed by atoms with E-state index in [1.165, 1.54) is 6.08 Å². The Hall–Kier alpha value is -3.61. The molecule has 2 aromatic carbocycles. The van der Waals surface area contributed by atoms with Crippen molar-refractivity contribution < 1.29 is 23.9 Å². The van der Waals surface area contributed by atoms with E-state index in [1.54, 1.807) is 31.2 Å². The third-order valence-electron chi connectivity index (χ3n) is 4.29. The number of nitrogens with one attached hydrogen (secondary N) is 1. The van der Waals surface area contributed by atoms with Gasteiger partial charge in [-0.2, -0.15) is 0 Å². The van der Waals surface area contributed by atoms with Crippen LogP contribution in [-0.2, 0) is 20.9 Å². The van der Waals surface area contributed by atoms with E-state index in [0.717, 1.165) is 16.0 Å². The van der Waals surface area contributed by atoms with Crippen LogP contribution in [0.2, 0.25) is 0 Å². The molecule has 150 valence electrons. The lowest BCUT2D eigenvalue weighted by Crippen LogP contribution is -2.30. The Morgan fingerprint density at radius 1 is 1.10 bits per heavy atom. The third-order valence-corrected chi connectivity index (χ3v) is 4.29. The van der Waals surface area contributed by atoms with Crippen LogP contribution in [0.4, 0.5) is 4.79 Å². The highest BCUT2D eigenvalue weighted by atomic mass is 16.6. The molecular weight excluding hydrogens is 372 g/mol. The van der Waals surface area contributed by atoms with Gasteiger partial charge in [0.15, 0.2) is 6.61 Å². The molecule has 3 rings (SSSR count). The van der Waals surface area contributed by atoms with E-state index < -0.39 is 17.9 Å². The minimum Gasteiger partial charge on any atom is -0.481 e. The van der Waals surface area contributed by atoms with Gasteiger partial charge in [-0.25, -0.2) is 9.59 Å². The lowest BCUT2D eigenvalue weighted by molar-refractivity contribution is -0.145. The lowest BCUT2D eigenvalue weighted by atomic mass is 10.1. The molecule has 0 radical (unpaired) electrons. The molecule has 7 heteroatoms. The summed E-state index contributed by atoms with van der Waals surface area (Å²) in [5.74, 6) is -0.493. The number of carbonyl (C=O) groups is 3. The smallest absolute Gasteiger partial charge is 0.344 e. The van der Waals surface area contributed by atoms with Gasteiger partial charge in [0, 0.05) is 5.56 Å². The number of hydrogen-bond donors (Lipinski definition) is 1. The van der Waals surface area contributed by atoms with E-state index in [2.05, 4.69) is 5.32 Å². The number of carbonyl (C=O) groups excluding carboxylic acids is 3. The first kappa shape index (κ1) is 20.1. The third kappa shape index (κ3) is 5.01. The second kappa shape index (κ2) is 9.05. The number of aryl methyl sites for hydroxylation is 1. The average Bonchev–Trinajstić information content (AvgIpc) is 2.96. The summed E-state index contributed by atoms with van der Waals surface area (Å²) in [5, 5.41) is 2.60. The fourth-order valence-corrected chi connectivity index (χ4v) is 2.82. The quantitative estimate of drug-likeness (QED) is 0.443. The van der Waals surface area contributed by atoms with Gasteiger partial charge in [0.25, 0.3) is 5.91 Å². The Labute approximate surface area is 168 Å². The van der Waals surface area contributed by atoms with Crippen LogP contribution in [0, 0.1) is 6.92 Å². The van der Waals surface area contributed by atoms with E-state index in [1.807, 2.05) is 31.2 Å². The Bertz CT molecular complexity index is 950. The van der Waals surface area contributed by atoms with Crippen LogP contribution in [0.5, 0.6) is 5.75 Å². The number of amides is 3. The Morgan fingerprint density at radius 3 is 2.55 bits per heavy atom. The highest BCUT2D eigenvalue weighted by molar-refractivity contribution is 6.14. The van der Waals surface area contributed by atoms with Crippen molar-refractivity contribution in [2.45, 2.75) is 20.4 Å². The minimum atomic E-state index is -0.482. The molecule has 2 aromatic rings. The molecule has 1 fully saturated rings. The van der Waals surface area contributed by atoms with Crippen LogP contribution < -0.4 is 10.1 Å². The predicted octanol–water partition coefficient (Wildman–Crippen LogP) is 3.03. The minimum absolute atomic E-state index is 0.147. The van der Waals surface area contributed by atoms with Gasteiger partial charge in [-0.1, -0.05) is 48.0 Å². The molecule has 3 amide bonds. The number of para-hydroxylation sites is 1. The standard InChI is InChI=1S/C22H22N2O5/c1-3-28-20(25)14-29-19-7-5-4-6-17(19)12-18-21(26)24(22(27)23-18)13-16-10-8-15(2)9-11-16/h4-12H,3,13-14H2,1-2H3,(H,23,27)/b18-12+. The van der Waals surface area contributed by atoms with E-state index in [0.29, 0.717) is 11.3 Å². The molecule has 1 N–H and O–H groups in total. The van der Waals surface area contributed by atoms with Crippen molar-refractivity contribution in [3.8, 4) is 5.75 Å². The molecule has 1 heterocycles. The molecule has 0 atom stereocenters. The number of ether oxygens (including phenoxy) is 2. The number of nitrogens with zero attached hydrogens (tertiary/aromatic N) is 1. The van der Waals surface area contributed by atoms with Gasteiger partial charge >= 0.3 is 12.0 Å². The first-order valence-electron chi connectivity index (χ1n) is 9.25. The summed E-state index contributed by atoms with van der Waals surface area (Å²) in [6.07, 6.45) is 1.54. The maximum Gasteiger partial charge on any atom is 0.344 e. The Balaban J connectivity index is 1.75. The summed E-state index contributed by atoms with van der Waals surface area (Å²) in [7, 11) is 0. The average molecular weight is 394 g/mol. The summed E-state index contributed by atoms with van der Waals surface area (Å²) in [6, 6.07) is 14.1. The van der Waals surface area contributed by atoms with Crippen LogP contribution >= 0.6 is 0 Å². The second-order valence-corrected chi connectivity index (χ2v) is 6.50. The predicted molar refractivity (Wildman–Crippen MR) is 107 cm³/mol. The highest BCUT2D eigenvalue weighted by Crippen LogP contribution is 2.23. The summed E-state index contributed by atoms with van der Waals surface area (Å²) in [6.45, 7) is 3.90. The lowest BCUT2D eigenvalue weighted by Gasteiger charge is -2.12. The first-order chi connectivity index (χ1) is 14.0. The molecule has 0 aliphatic carbocycles. The van der Waals surface area contributed by atoms with Crippen molar-refractivity contribution in [1.82, 2.24) is 10.2 Å². The monoisotopic (exact) mass is 394 g/mol. The van der Waals surface area contributed by atoms with E-state index >= 15 is 0 Å². The van der Waals surface area contributed by atoms with Crippen molar-refractivity contribution in [3.05, 3.63) is 70.9 Å². The van der Waals surface area contributed by atoms with Crippen LogP contribution in [0.25, 0.3) is 6.08 Å². The number of esters is 1. The highest BCUT2D eigenvalue weighted by Gasteiger charge is 2.33. The SMILES string of the molecule is CCOC(=O)COc1ccccc1/C=C1/NC(=O)N(Cc2ccc(C)cc2)C1=O. The maximum atomic E-state index is 12.7. The Kier molecular flexibility index (Phi) is 6.29. The van der Waals surface area contributed by atoms with Gasteiger partial charge < -0.3 is 14.8 Å². The molecule has 0 bridgehead atoms. The largest absolute Gasteiger partial charge is 0.481 e. The molecule has 7 nitrogen and oxygen atoms in total. The van der Waals surface area contributed by atoms with Crippen molar-refractivity contribution in [3.63, 3.8) is 0 Å². The van der Waals surface area contributed by atoms with Crippen molar-refractivity contribution >= 4 is 24.0 Å². The second-order valence-electron chi connectivity index (χ2n) is 6.50. The van der Waals surface area contributed by atoms with Crippen molar-refractivity contribution in [2.24, 2.45) is 0 Å². The topological polar surface area (TPSA) is 84.9 Å². The normalized spacial score (nSPS) is 14.8. The zero-order chi connectivity index (χ0) is 20.8. The fourth-order valence-electron chi connectivity index (χ4n) is 2.82. The van der Waals surface area contributed by atoms with Gasteiger partial charge in [0.1, 0.15) is 11.4 Å². The number of rotatable bonds is 7. The maximum absolute atomic E-state index is 12.7. The van der Waals surface area contributed by atoms with Gasteiger partial charge in [0.05, 0.1) is 13.2 Å². The summed E-state index contributed by atoms with van der Waals surface area (Å²) >= 11 is 0. The van der Waals surface area contributed by atoms with Crippen LogP contribution in [0.15, 0.2) is 54.2 Å². The molecular formula is C22H22N2O5. The van der Waals surface area contributed by atoms with E-state index in [9.17, 15) is 14.4 Å². The zero-order valence-corrected chi connectivity index (χ0v) is 16.3. The van der Waals surface area contributed by atoms with E-state index in [-0.39, 0.29) is 25.5 Å². The van der Waals surface area contributed by atoms with E-state index in [4.69, 9.17) is 9.47 Å². The number of hydrogen-bond acceptors (Lipinski definition) is 5. The molecule has 0 aromatic heterocycles. The fraction of sp³-hybridized carbons (Fsp3) is 0.227. The number of urea groups is 1. The summed E-state index contributed by atoms with van der Waals surface area (Å²) in [4.78, 5) is 37.7. The molecule has 29 heavy (non-hydrogen) atoms. The van der Waals surface area contributed by atoms with Crippen LogP contribution in [0.3, 0.4) is 0 Å². The van der Waals surface area contributed by atoms with Crippen LogP contribution in [0.1, 0.15) is 23.6 Å². The summed E-state index contributed by atoms with van der Waals surface area (Å²) < 4.78 is 10.3. The molecule has 1 aliphatic heterocycles. The van der Waals surface area contributed by atoms with Crippen LogP contribution in [-0.4, -0.2) is 36.0 Å². The van der Waals surface area contributed by atoms with Gasteiger partial charge in [-0.3, -0.25) is 9.69 Å². The summed E-state index contributed by atoms with van der Waals surface area (Å²) in [5.41, 5.74) is 2.68. The first-order valence-corrected chi connectivity index (χ1v) is 9.25. The number of imide groups is 1. The molecule has 0 unspecified atom stereocenters. The molecule has 0 saturated carbocycles. The Morgan fingerprint density at radius 2 is 1.83 bits per heavy atom. The van der Waals surface area contributed by atoms with Gasteiger partial charge in [-0.15, -0.1) is 0 Å². The van der Waals surface area contributed by atoms with Crippen molar-refractivity contribution in [2.75, 3.05) is 13.2 Å².